The van der Waals surface area contributed by atoms with E-state index in [1.54, 1.807) is 0 Å². The van der Waals surface area contributed by atoms with Crippen LogP contribution in [0.2, 0.25) is 0 Å². The van der Waals surface area contributed by atoms with Gasteiger partial charge in [0.15, 0.2) is 0 Å². The van der Waals surface area contributed by atoms with Crippen molar-refractivity contribution in [2.45, 2.75) is 64.2 Å². The number of carboxylic acids is 2. The lowest BCUT2D eigenvalue weighted by molar-refractivity contribution is -0.138. The van der Waals surface area contributed by atoms with Crippen LogP contribution in [0.25, 0.3) is 0 Å². The van der Waals surface area contributed by atoms with E-state index < -0.39 is 11.9 Å². The maximum absolute atomic E-state index is 11.5. The molecule has 0 radical (unpaired) electrons. The Bertz CT molecular complexity index is 373. The van der Waals surface area contributed by atoms with Gasteiger partial charge in [0.05, 0.1) is 0 Å². The lowest BCUT2D eigenvalue weighted by Crippen LogP contribution is -2.25. The van der Waals surface area contributed by atoms with Crippen LogP contribution in [0.3, 0.4) is 0 Å². The fraction of sp³-hybridized carbons (Fsp3) is 0.750. The first-order valence-electron chi connectivity index (χ1n) is 8.39. The maximum Gasteiger partial charge on any atom is 0.303 e. The standard InChI is InChI=1S/C16H28N2O6/c19-13(17-11-5-3-9-15(21)22)7-1-2-8-14(20)18-12-6-4-10-16(23)24/h1-12H2,(H,17,19)(H,18,20)(H,21,22)(H,23,24). The Morgan fingerprint density at radius 1 is 0.542 bits per heavy atom. The van der Waals surface area contributed by atoms with E-state index in [9.17, 15) is 19.2 Å². The van der Waals surface area contributed by atoms with Crippen LogP contribution in [0.1, 0.15) is 64.2 Å². The van der Waals surface area contributed by atoms with Gasteiger partial charge in [-0.3, -0.25) is 19.2 Å². The third-order valence-corrected chi connectivity index (χ3v) is 3.34. The van der Waals surface area contributed by atoms with Gasteiger partial charge < -0.3 is 20.8 Å². The van der Waals surface area contributed by atoms with Crippen LogP contribution in [-0.2, 0) is 19.2 Å². The molecule has 0 saturated heterocycles. The van der Waals surface area contributed by atoms with Crippen molar-refractivity contribution in [1.29, 1.82) is 0 Å². The number of amides is 2. The number of rotatable bonds is 15. The topological polar surface area (TPSA) is 133 Å². The normalized spacial score (nSPS) is 10.2. The summed E-state index contributed by atoms with van der Waals surface area (Å²) in [6.45, 7) is 0.950. The van der Waals surface area contributed by atoms with Crippen LogP contribution in [0.15, 0.2) is 0 Å². The first-order chi connectivity index (χ1) is 11.4. The van der Waals surface area contributed by atoms with Gasteiger partial charge in [-0.15, -0.1) is 0 Å². The van der Waals surface area contributed by atoms with Gasteiger partial charge in [-0.05, 0) is 38.5 Å². The molecule has 0 fully saturated rings. The first kappa shape index (κ1) is 21.9. The van der Waals surface area contributed by atoms with E-state index in [0.29, 0.717) is 64.5 Å². The molecule has 0 atom stereocenters. The molecule has 4 N–H and O–H groups in total. The van der Waals surface area contributed by atoms with Crippen molar-refractivity contribution in [2.24, 2.45) is 0 Å². The van der Waals surface area contributed by atoms with Crippen LogP contribution >= 0.6 is 0 Å². The molecule has 0 aliphatic rings. The number of nitrogens with one attached hydrogen (secondary N) is 2. The molecular formula is C16H28N2O6. The molecule has 0 rings (SSSR count). The van der Waals surface area contributed by atoms with Gasteiger partial charge in [-0.2, -0.15) is 0 Å². The quantitative estimate of drug-likeness (QED) is 0.331. The fourth-order valence-corrected chi connectivity index (χ4v) is 2.01. The van der Waals surface area contributed by atoms with Gasteiger partial charge in [-0.25, -0.2) is 0 Å². The van der Waals surface area contributed by atoms with E-state index in [2.05, 4.69) is 10.6 Å². The average Bonchev–Trinajstić information content (AvgIpc) is 2.50. The van der Waals surface area contributed by atoms with Gasteiger partial charge in [-0.1, -0.05) is 0 Å². The Morgan fingerprint density at radius 2 is 0.875 bits per heavy atom. The molecule has 0 aliphatic carbocycles. The van der Waals surface area contributed by atoms with Crippen molar-refractivity contribution in [3.8, 4) is 0 Å². The molecular weight excluding hydrogens is 316 g/mol. The van der Waals surface area contributed by atoms with Crippen molar-refractivity contribution in [2.75, 3.05) is 13.1 Å². The van der Waals surface area contributed by atoms with E-state index in [-0.39, 0.29) is 24.7 Å². The number of hydrogen-bond acceptors (Lipinski definition) is 4. The summed E-state index contributed by atoms with van der Waals surface area (Å²) in [6.07, 6.45) is 4.54. The van der Waals surface area contributed by atoms with Crippen LogP contribution in [-0.4, -0.2) is 47.1 Å². The second kappa shape index (κ2) is 14.5. The molecule has 8 heteroatoms. The van der Waals surface area contributed by atoms with Gasteiger partial charge >= 0.3 is 11.9 Å². The third-order valence-electron chi connectivity index (χ3n) is 3.34. The Morgan fingerprint density at radius 3 is 1.21 bits per heavy atom. The van der Waals surface area contributed by atoms with E-state index >= 15 is 0 Å². The highest BCUT2D eigenvalue weighted by molar-refractivity contribution is 5.77. The van der Waals surface area contributed by atoms with Gasteiger partial charge in [0.25, 0.3) is 0 Å². The summed E-state index contributed by atoms with van der Waals surface area (Å²) in [4.78, 5) is 43.6. The third kappa shape index (κ3) is 16.3. The zero-order valence-corrected chi connectivity index (χ0v) is 14.0. The summed E-state index contributed by atoms with van der Waals surface area (Å²) in [5.74, 6) is -1.83. The number of unbranched alkanes of at least 4 members (excludes halogenated alkanes) is 3. The molecule has 0 spiro atoms. The number of hydrogen-bond donors (Lipinski definition) is 4. The summed E-state index contributed by atoms with van der Waals surface area (Å²) < 4.78 is 0. The minimum absolute atomic E-state index is 0.0839. The number of carbonyl (C=O) groups is 4. The molecule has 0 unspecified atom stereocenters. The van der Waals surface area contributed by atoms with E-state index in [1.807, 2.05) is 0 Å². The van der Waals surface area contributed by atoms with E-state index in [4.69, 9.17) is 10.2 Å². The van der Waals surface area contributed by atoms with Crippen molar-refractivity contribution < 1.29 is 29.4 Å². The van der Waals surface area contributed by atoms with Gasteiger partial charge in [0.1, 0.15) is 0 Å². The predicted octanol–water partition coefficient (Wildman–Crippen LogP) is 1.29. The van der Waals surface area contributed by atoms with Gasteiger partial charge in [0, 0.05) is 38.8 Å². The molecule has 24 heavy (non-hydrogen) atoms. The zero-order chi connectivity index (χ0) is 18.2. The molecule has 138 valence electrons. The number of aliphatic carboxylic acids is 2. The Hall–Kier alpha value is -2.12. The highest BCUT2D eigenvalue weighted by Gasteiger charge is 2.04. The predicted molar refractivity (Wildman–Crippen MR) is 87.5 cm³/mol. The Labute approximate surface area is 142 Å². The van der Waals surface area contributed by atoms with Crippen molar-refractivity contribution in [1.82, 2.24) is 10.6 Å². The van der Waals surface area contributed by atoms with Crippen molar-refractivity contribution in [3.63, 3.8) is 0 Å². The summed E-state index contributed by atoms with van der Waals surface area (Å²) in [5, 5.41) is 22.4. The molecule has 0 heterocycles. The van der Waals surface area contributed by atoms with Crippen molar-refractivity contribution >= 4 is 23.8 Å². The molecule has 8 nitrogen and oxygen atoms in total. The Balaban J connectivity index is 3.40. The molecule has 0 bridgehead atoms. The van der Waals surface area contributed by atoms with Crippen molar-refractivity contribution in [3.05, 3.63) is 0 Å². The second-order valence-electron chi connectivity index (χ2n) is 5.61. The summed E-state index contributed by atoms with van der Waals surface area (Å²) in [5.41, 5.74) is 0. The monoisotopic (exact) mass is 344 g/mol. The van der Waals surface area contributed by atoms with Gasteiger partial charge in [0.2, 0.25) is 11.8 Å². The second-order valence-corrected chi connectivity index (χ2v) is 5.61. The summed E-state index contributed by atoms with van der Waals surface area (Å²) >= 11 is 0. The maximum atomic E-state index is 11.5. The molecule has 2 amide bonds. The van der Waals surface area contributed by atoms with E-state index in [0.717, 1.165) is 0 Å². The minimum Gasteiger partial charge on any atom is -0.481 e. The molecule has 0 saturated carbocycles. The first-order valence-corrected chi connectivity index (χ1v) is 8.39. The zero-order valence-electron chi connectivity index (χ0n) is 14.0. The Kier molecular flexibility index (Phi) is 13.2. The van der Waals surface area contributed by atoms with Crippen LogP contribution in [0.4, 0.5) is 0 Å². The smallest absolute Gasteiger partial charge is 0.303 e. The summed E-state index contributed by atoms with van der Waals surface area (Å²) in [6, 6.07) is 0. The van der Waals surface area contributed by atoms with Crippen LogP contribution < -0.4 is 10.6 Å². The highest BCUT2D eigenvalue weighted by Crippen LogP contribution is 2.01. The molecule has 0 aromatic carbocycles. The average molecular weight is 344 g/mol. The lowest BCUT2D eigenvalue weighted by atomic mass is 10.1. The molecule has 0 aromatic rings. The molecule has 0 aromatic heterocycles. The summed E-state index contributed by atoms with van der Waals surface area (Å²) in [7, 11) is 0. The number of carbonyl (C=O) groups excluding carboxylic acids is 2. The lowest BCUT2D eigenvalue weighted by Gasteiger charge is -2.06. The van der Waals surface area contributed by atoms with Crippen LogP contribution in [0.5, 0.6) is 0 Å². The minimum atomic E-state index is -0.832. The van der Waals surface area contributed by atoms with Crippen LogP contribution in [0, 0.1) is 0 Å². The van der Waals surface area contributed by atoms with E-state index in [1.165, 1.54) is 0 Å². The SMILES string of the molecule is O=C(O)CCCCNC(=O)CCCCC(=O)NCCCCC(=O)O. The molecule has 0 aliphatic heterocycles. The highest BCUT2D eigenvalue weighted by atomic mass is 16.4. The number of carboxylic acid groups (broad SMARTS) is 2. The largest absolute Gasteiger partial charge is 0.481 e. The fourth-order valence-electron chi connectivity index (χ4n) is 2.01.